The Morgan fingerprint density at radius 3 is 2.67 bits per heavy atom. The van der Waals surface area contributed by atoms with E-state index in [9.17, 15) is 4.79 Å². The van der Waals surface area contributed by atoms with Gasteiger partial charge in [0.25, 0.3) is 0 Å². The van der Waals surface area contributed by atoms with Gasteiger partial charge in [0.1, 0.15) is 0 Å². The van der Waals surface area contributed by atoms with Gasteiger partial charge in [-0.15, -0.1) is 11.3 Å². The maximum absolute atomic E-state index is 12.6. The van der Waals surface area contributed by atoms with Crippen molar-refractivity contribution < 1.29 is 9.36 Å². The van der Waals surface area contributed by atoms with E-state index in [1.165, 1.54) is 49.9 Å². The van der Waals surface area contributed by atoms with Crippen LogP contribution in [0, 0.1) is 5.92 Å². The highest BCUT2D eigenvalue weighted by atomic mass is 32.1. The van der Waals surface area contributed by atoms with Crippen molar-refractivity contribution in [2.75, 3.05) is 0 Å². The molecule has 3 aromatic heterocycles. The molecule has 5 heteroatoms. The Hall–Kier alpha value is -3.05. The third kappa shape index (κ3) is 5.31. The highest BCUT2D eigenvalue weighted by Crippen LogP contribution is 2.29. The zero-order valence-corrected chi connectivity index (χ0v) is 19.7. The van der Waals surface area contributed by atoms with E-state index in [1.807, 2.05) is 52.5 Å². The highest BCUT2D eigenvalue weighted by Gasteiger charge is 2.19. The summed E-state index contributed by atoms with van der Waals surface area (Å²) in [7, 11) is 0. The lowest BCUT2D eigenvalue weighted by molar-refractivity contribution is -0.682. The second-order valence-electron chi connectivity index (χ2n) is 8.98. The smallest absolute Gasteiger partial charge is 0.237 e. The second kappa shape index (κ2) is 10.3. The molecule has 0 bridgehead atoms. The number of aryl methyl sites for hydroxylation is 1. The molecule has 168 valence electrons. The highest BCUT2D eigenvalue weighted by molar-refractivity contribution is 7.12. The molecule has 1 fully saturated rings. The molecular formula is C28H30N3OS+. The van der Waals surface area contributed by atoms with Crippen LogP contribution in [-0.4, -0.2) is 15.6 Å². The van der Waals surface area contributed by atoms with Gasteiger partial charge in [0.15, 0.2) is 12.4 Å². The molecule has 4 aromatic rings. The molecule has 0 radical (unpaired) electrons. The van der Waals surface area contributed by atoms with Crippen molar-refractivity contribution in [1.82, 2.24) is 9.78 Å². The SMILES string of the molecule is O=C(C[n+]1cccc(-c2cc(CCC3CCCCC3)nn2-c2ccccc2)c1)c1cccs1. The van der Waals surface area contributed by atoms with E-state index in [-0.39, 0.29) is 5.78 Å². The zero-order chi connectivity index (χ0) is 22.5. The van der Waals surface area contributed by atoms with E-state index in [0.717, 1.165) is 39.9 Å². The summed E-state index contributed by atoms with van der Waals surface area (Å²) in [5.74, 6) is 0.975. The topological polar surface area (TPSA) is 38.8 Å². The Kier molecular flexibility index (Phi) is 6.77. The number of Topliss-reactive ketones (excluding diaryl/α,β-unsaturated/α-hetero) is 1. The number of thiophene rings is 1. The summed E-state index contributed by atoms with van der Waals surface area (Å²) in [5.41, 5.74) is 4.33. The predicted octanol–water partition coefficient (Wildman–Crippen LogP) is 6.28. The largest absolute Gasteiger partial charge is 0.286 e. The summed E-state index contributed by atoms with van der Waals surface area (Å²) in [6.07, 6.45) is 13.1. The van der Waals surface area contributed by atoms with E-state index < -0.39 is 0 Å². The number of nitrogens with zero attached hydrogens (tertiary/aromatic N) is 3. The minimum atomic E-state index is 0.136. The van der Waals surface area contributed by atoms with Crippen LogP contribution in [0.25, 0.3) is 16.9 Å². The summed E-state index contributed by atoms with van der Waals surface area (Å²) in [4.78, 5) is 13.4. The summed E-state index contributed by atoms with van der Waals surface area (Å²) < 4.78 is 4.03. The van der Waals surface area contributed by atoms with Gasteiger partial charge in [-0.2, -0.15) is 9.67 Å². The molecule has 0 amide bonds. The van der Waals surface area contributed by atoms with E-state index in [1.54, 1.807) is 0 Å². The molecule has 0 unspecified atom stereocenters. The van der Waals surface area contributed by atoms with E-state index in [4.69, 9.17) is 5.10 Å². The summed E-state index contributed by atoms with van der Waals surface area (Å²) in [5, 5.41) is 6.96. The van der Waals surface area contributed by atoms with Crippen molar-refractivity contribution in [1.29, 1.82) is 0 Å². The number of para-hydroxylation sites is 1. The minimum Gasteiger partial charge on any atom is -0.286 e. The number of carbonyl (C=O) groups is 1. The molecule has 0 spiro atoms. The van der Waals surface area contributed by atoms with Crippen LogP contribution in [0.15, 0.2) is 78.4 Å². The van der Waals surface area contributed by atoms with Crippen LogP contribution in [-0.2, 0) is 13.0 Å². The monoisotopic (exact) mass is 456 g/mol. The van der Waals surface area contributed by atoms with E-state index >= 15 is 0 Å². The molecule has 3 heterocycles. The van der Waals surface area contributed by atoms with E-state index in [2.05, 4.69) is 35.1 Å². The lowest BCUT2D eigenvalue weighted by Crippen LogP contribution is -2.37. The Morgan fingerprint density at radius 2 is 1.88 bits per heavy atom. The molecular weight excluding hydrogens is 426 g/mol. The number of benzene rings is 1. The number of aromatic nitrogens is 3. The Labute approximate surface area is 199 Å². The number of carbonyl (C=O) groups excluding carboxylic acids is 1. The van der Waals surface area contributed by atoms with Crippen LogP contribution in [0.5, 0.6) is 0 Å². The first-order valence-electron chi connectivity index (χ1n) is 12.0. The zero-order valence-electron chi connectivity index (χ0n) is 18.9. The Bertz CT molecular complexity index is 1190. The molecule has 1 aliphatic carbocycles. The lowest BCUT2D eigenvalue weighted by atomic mass is 9.86. The van der Waals surface area contributed by atoms with Gasteiger partial charge < -0.3 is 0 Å². The van der Waals surface area contributed by atoms with Gasteiger partial charge in [0, 0.05) is 6.07 Å². The first kappa shape index (κ1) is 21.8. The van der Waals surface area contributed by atoms with Crippen molar-refractivity contribution in [3.05, 3.63) is 89.0 Å². The van der Waals surface area contributed by atoms with Gasteiger partial charge in [-0.1, -0.05) is 56.4 Å². The van der Waals surface area contributed by atoms with Gasteiger partial charge >= 0.3 is 0 Å². The Balaban J connectivity index is 1.42. The summed E-state index contributed by atoms with van der Waals surface area (Å²) >= 11 is 1.49. The lowest BCUT2D eigenvalue weighted by Gasteiger charge is -2.20. The Morgan fingerprint density at radius 1 is 1.03 bits per heavy atom. The fourth-order valence-electron chi connectivity index (χ4n) is 4.80. The normalized spacial score (nSPS) is 14.4. The number of ketones is 1. The average Bonchev–Trinajstić information content (AvgIpc) is 3.55. The second-order valence-corrected chi connectivity index (χ2v) is 9.92. The molecule has 33 heavy (non-hydrogen) atoms. The number of hydrogen-bond acceptors (Lipinski definition) is 3. The number of rotatable bonds is 8. The summed E-state index contributed by atoms with van der Waals surface area (Å²) in [6, 6.07) is 20.5. The molecule has 1 aliphatic rings. The first-order valence-corrected chi connectivity index (χ1v) is 12.8. The number of pyridine rings is 1. The molecule has 0 aliphatic heterocycles. The standard InChI is InChI=1S/C28H30N3OS/c32-27(28-14-8-18-33-28)21-30-17-7-11-23(20-30)26-19-24(16-15-22-9-3-1-4-10-22)29-31(26)25-12-5-2-6-13-25/h2,5-8,11-14,17-20,22H,1,3-4,9-10,15-16,21H2/q+1. The molecule has 4 nitrogen and oxygen atoms in total. The molecule has 0 N–H and O–H groups in total. The van der Waals surface area contributed by atoms with Crippen LogP contribution in [0.2, 0.25) is 0 Å². The average molecular weight is 457 g/mol. The van der Waals surface area contributed by atoms with E-state index in [0.29, 0.717) is 6.54 Å². The van der Waals surface area contributed by atoms with Gasteiger partial charge in [-0.05, 0) is 54.5 Å². The van der Waals surface area contributed by atoms with Crippen LogP contribution < -0.4 is 4.57 Å². The van der Waals surface area contributed by atoms with Crippen molar-refractivity contribution in [2.24, 2.45) is 5.92 Å². The fraction of sp³-hybridized carbons (Fsp3) is 0.321. The van der Waals surface area contributed by atoms with Crippen LogP contribution in [0.1, 0.15) is 53.9 Å². The summed E-state index contributed by atoms with van der Waals surface area (Å²) in [6.45, 7) is 0.336. The van der Waals surface area contributed by atoms with Gasteiger partial charge in [0.2, 0.25) is 12.3 Å². The van der Waals surface area contributed by atoms with Gasteiger partial charge in [-0.3, -0.25) is 4.79 Å². The molecule has 1 aromatic carbocycles. The predicted molar refractivity (Wildman–Crippen MR) is 133 cm³/mol. The molecule has 1 saturated carbocycles. The van der Waals surface area contributed by atoms with Gasteiger partial charge in [0.05, 0.1) is 27.5 Å². The van der Waals surface area contributed by atoms with Crippen LogP contribution >= 0.6 is 11.3 Å². The van der Waals surface area contributed by atoms with Crippen molar-refractivity contribution in [3.8, 4) is 16.9 Å². The van der Waals surface area contributed by atoms with Crippen molar-refractivity contribution >= 4 is 17.1 Å². The van der Waals surface area contributed by atoms with Crippen LogP contribution in [0.4, 0.5) is 0 Å². The fourth-order valence-corrected chi connectivity index (χ4v) is 5.46. The molecule has 0 saturated heterocycles. The third-order valence-electron chi connectivity index (χ3n) is 6.57. The first-order chi connectivity index (χ1) is 16.3. The van der Waals surface area contributed by atoms with Crippen molar-refractivity contribution in [2.45, 2.75) is 51.5 Å². The quantitative estimate of drug-likeness (QED) is 0.231. The maximum atomic E-state index is 12.6. The molecule has 5 rings (SSSR count). The van der Waals surface area contributed by atoms with Gasteiger partial charge in [-0.25, -0.2) is 4.68 Å². The minimum absolute atomic E-state index is 0.136. The third-order valence-corrected chi connectivity index (χ3v) is 7.48. The maximum Gasteiger partial charge on any atom is 0.237 e. The van der Waals surface area contributed by atoms with Crippen LogP contribution in [0.3, 0.4) is 0 Å². The number of hydrogen-bond donors (Lipinski definition) is 0. The molecule has 0 atom stereocenters. The van der Waals surface area contributed by atoms with Crippen molar-refractivity contribution in [3.63, 3.8) is 0 Å².